The van der Waals surface area contributed by atoms with Gasteiger partial charge in [0.1, 0.15) is 0 Å². The second kappa shape index (κ2) is 6.49. The Balaban J connectivity index is 3.50. The zero-order chi connectivity index (χ0) is 14.7. The summed E-state index contributed by atoms with van der Waals surface area (Å²) < 4.78 is 45.2. The van der Waals surface area contributed by atoms with E-state index in [0.29, 0.717) is 17.0 Å². The SMILES string of the molecule is COP(=O)(OC)C1=C(P(=O)(OC)OC)C(C)C=CC1. The van der Waals surface area contributed by atoms with Crippen LogP contribution in [-0.4, -0.2) is 28.4 Å². The molecule has 8 heteroatoms. The highest BCUT2D eigenvalue weighted by atomic mass is 31.2. The molecule has 1 atom stereocenters. The Bertz CT molecular complexity index is 466. The third-order valence-electron chi connectivity index (χ3n) is 3.05. The minimum Gasteiger partial charge on any atom is -0.309 e. The summed E-state index contributed by atoms with van der Waals surface area (Å²) in [5, 5.41) is 0.701. The van der Waals surface area contributed by atoms with Crippen LogP contribution >= 0.6 is 15.2 Å². The van der Waals surface area contributed by atoms with Crippen molar-refractivity contribution in [1.29, 1.82) is 0 Å². The smallest absolute Gasteiger partial charge is 0.309 e. The van der Waals surface area contributed by atoms with Crippen LogP contribution in [0.5, 0.6) is 0 Å². The summed E-state index contributed by atoms with van der Waals surface area (Å²) in [5.41, 5.74) is 0. The van der Waals surface area contributed by atoms with Gasteiger partial charge in [-0.2, -0.15) is 0 Å². The van der Waals surface area contributed by atoms with Gasteiger partial charge < -0.3 is 18.1 Å². The average molecular weight is 310 g/mol. The molecule has 0 saturated heterocycles. The summed E-state index contributed by atoms with van der Waals surface area (Å²) in [6.45, 7) is 1.82. The molecule has 0 N–H and O–H groups in total. The topological polar surface area (TPSA) is 71.1 Å². The number of hydrogen-bond donors (Lipinski definition) is 0. The fraction of sp³-hybridized carbons (Fsp3) is 0.636. The molecule has 0 fully saturated rings. The lowest BCUT2D eigenvalue weighted by Crippen LogP contribution is -2.10. The van der Waals surface area contributed by atoms with Crippen molar-refractivity contribution < 1.29 is 27.2 Å². The summed E-state index contributed by atoms with van der Waals surface area (Å²) >= 11 is 0. The Morgan fingerprint density at radius 2 is 1.47 bits per heavy atom. The van der Waals surface area contributed by atoms with E-state index >= 15 is 0 Å². The maximum Gasteiger partial charge on any atom is 0.358 e. The van der Waals surface area contributed by atoms with E-state index in [1.807, 2.05) is 19.1 Å². The molecule has 0 aromatic rings. The highest BCUT2D eigenvalue weighted by molar-refractivity contribution is 7.63. The standard InChI is InChI=1S/C11H20O6P2/c1-9-7-6-8-10(18(12,14-2)15-3)11(9)19(13,16-4)17-5/h6-7,9H,8H2,1-5H3. The molecule has 0 heterocycles. The first-order valence-corrected chi connectivity index (χ1v) is 8.81. The predicted octanol–water partition coefficient (Wildman–Crippen LogP) is 3.77. The first kappa shape index (κ1) is 16.8. The first-order chi connectivity index (χ1) is 8.88. The van der Waals surface area contributed by atoms with E-state index in [4.69, 9.17) is 18.1 Å². The number of rotatable bonds is 6. The van der Waals surface area contributed by atoms with E-state index < -0.39 is 15.2 Å². The molecule has 110 valence electrons. The van der Waals surface area contributed by atoms with E-state index in [2.05, 4.69) is 0 Å². The second-order valence-corrected chi connectivity index (χ2v) is 8.45. The van der Waals surface area contributed by atoms with Gasteiger partial charge in [0.05, 0.1) is 10.6 Å². The third kappa shape index (κ3) is 3.10. The molecule has 0 spiro atoms. The molecule has 19 heavy (non-hydrogen) atoms. The first-order valence-electron chi connectivity index (χ1n) is 5.72. The molecule has 0 radical (unpaired) electrons. The lowest BCUT2D eigenvalue weighted by molar-refractivity contribution is 0.274. The average Bonchev–Trinajstić information content (AvgIpc) is 2.45. The summed E-state index contributed by atoms with van der Waals surface area (Å²) in [4.78, 5) is 0. The van der Waals surface area contributed by atoms with Gasteiger partial charge in [-0.05, 0) is 6.42 Å². The van der Waals surface area contributed by atoms with Gasteiger partial charge in [0, 0.05) is 34.4 Å². The summed E-state index contributed by atoms with van der Waals surface area (Å²) in [5.74, 6) is -0.229. The van der Waals surface area contributed by atoms with Crippen molar-refractivity contribution in [2.24, 2.45) is 5.92 Å². The van der Waals surface area contributed by atoms with E-state index in [1.54, 1.807) is 0 Å². The van der Waals surface area contributed by atoms with Crippen molar-refractivity contribution in [2.75, 3.05) is 28.4 Å². The fourth-order valence-electron chi connectivity index (χ4n) is 2.07. The van der Waals surface area contributed by atoms with E-state index in [1.165, 1.54) is 28.4 Å². The number of allylic oxidation sites excluding steroid dienone is 4. The molecule has 0 saturated carbocycles. The van der Waals surface area contributed by atoms with Crippen molar-refractivity contribution in [3.05, 3.63) is 22.8 Å². The normalized spacial score (nSPS) is 21.0. The van der Waals surface area contributed by atoms with Crippen LogP contribution in [0.1, 0.15) is 13.3 Å². The largest absolute Gasteiger partial charge is 0.358 e. The van der Waals surface area contributed by atoms with Crippen molar-refractivity contribution in [2.45, 2.75) is 13.3 Å². The molecular weight excluding hydrogens is 290 g/mol. The van der Waals surface area contributed by atoms with E-state index in [-0.39, 0.29) is 5.92 Å². The molecule has 1 unspecified atom stereocenters. The molecule has 0 aliphatic heterocycles. The highest BCUT2D eigenvalue weighted by Crippen LogP contribution is 2.68. The molecular formula is C11H20O6P2. The second-order valence-electron chi connectivity index (χ2n) is 3.98. The molecule has 0 aromatic carbocycles. The minimum absolute atomic E-state index is 0.229. The molecule has 0 amide bonds. The fourth-order valence-corrected chi connectivity index (χ4v) is 5.74. The van der Waals surface area contributed by atoms with Crippen molar-refractivity contribution in [3.8, 4) is 0 Å². The minimum atomic E-state index is -3.50. The van der Waals surface area contributed by atoms with E-state index in [0.717, 1.165) is 0 Å². The van der Waals surface area contributed by atoms with Crippen LogP contribution in [0.4, 0.5) is 0 Å². The lowest BCUT2D eigenvalue weighted by atomic mass is 10.1. The van der Waals surface area contributed by atoms with Gasteiger partial charge in [-0.15, -0.1) is 0 Å². The molecule has 0 aromatic heterocycles. The molecule has 6 nitrogen and oxygen atoms in total. The van der Waals surface area contributed by atoms with Gasteiger partial charge in [0.15, 0.2) is 0 Å². The highest BCUT2D eigenvalue weighted by Gasteiger charge is 2.41. The Morgan fingerprint density at radius 1 is 1.00 bits per heavy atom. The summed E-state index contributed by atoms with van der Waals surface area (Å²) in [6.07, 6.45) is 4.03. The Kier molecular flexibility index (Phi) is 5.75. The van der Waals surface area contributed by atoms with Gasteiger partial charge in [0.2, 0.25) is 0 Å². The van der Waals surface area contributed by atoms with Crippen LogP contribution in [-0.2, 0) is 27.2 Å². The van der Waals surface area contributed by atoms with Crippen LogP contribution in [0.3, 0.4) is 0 Å². The molecule has 0 bridgehead atoms. The van der Waals surface area contributed by atoms with Crippen LogP contribution in [0, 0.1) is 5.92 Å². The molecule has 1 aliphatic rings. The van der Waals surface area contributed by atoms with Crippen molar-refractivity contribution in [1.82, 2.24) is 0 Å². The van der Waals surface area contributed by atoms with Crippen LogP contribution < -0.4 is 0 Å². The number of hydrogen-bond acceptors (Lipinski definition) is 6. The van der Waals surface area contributed by atoms with Gasteiger partial charge in [-0.25, -0.2) is 0 Å². The maximum atomic E-state index is 12.6. The molecule has 1 rings (SSSR count). The summed E-state index contributed by atoms with van der Waals surface area (Å²) in [7, 11) is -1.79. The van der Waals surface area contributed by atoms with Crippen molar-refractivity contribution in [3.63, 3.8) is 0 Å². The third-order valence-corrected chi connectivity index (χ3v) is 7.50. The Hall–Kier alpha value is -0.220. The van der Waals surface area contributed by atoms with E-state index in [9.17, 15) is 9.13 Å². The zero-order valence-electron chi connectivity index (χ0n) is 11.8. The lowest BCUT2D eigenvalue weighted by Gasteiger charge is -2.29. The van der Waals surface area contributed by atoms with Gasteiger partial charge in [-0.1, -0.05) is 19.1 Å². The Morgan fingerprint density at radius 3 is 1.89 bits per heavy atom. The van der Waals surface area contributed by atoms with Crippen LogP contribution in [0.25, 0.3) is 0 Å². The predicted molar refractivity (Wildman–Crippen MR) is 73.2 cm³/mol. The molecule has 1 aliphatic carbocycles. The summed E-state index contributed by atoms with van der Waals surface area (Å²) in [6, 6.07) is 0. The maximum absolute atomic E-state index is 12.6. The zero-order valence-corrected chi connectivity index (χ0v) is 13.6. The van der Waals surface area contributed by atoms with Crippen LogP contribution in [0.2, 0.25) is 0 Å². The van der Waals surface area contributed by atoms with Gasteiger partial charge >= 0.3 is 15.2 Å². The monoisotopic (exact) mass is 310 g/mol. The van der Waals surface area contributed by atoms with Crippen LogP contribution in [0.15, 0.2) is 22.8 Å². The van der Waals surface area contributed by atoms with Gasteiger partial charge in [0.25, 0.3) is 0 Å². The van der Waals surface area contributed by atoms with Crippen molar-refractivity contribution >= 4 is 15.2 Å². The Labute approximate surface area is 113 Å². The van der Waals surface area contributed by atoms with Gasteiger partial charge in [-0.3, -0.25) is 9.13 Å². The quantitative estimate of drug-likeness (QED) is 0.549.